The highest BCUT2D eigenvalue weighted by Gasteiger charge is 2.29. The summed E-state index contributed by atoms with van der Waals surface area (Å²) >= 11 is 0. The molecule has 1 N–H and O–H groups in total. The maximum Gasteiger partial charge on any atom is 0.422 e. The van der Waals surface area contributed by atoms with E-state index in [9.17, 15) is 13.2 Å². The fraction of sp³-hybridized carbons (Fsp3) is 0.700. The third-order valence-electron chi connectivity index (χ3n) is 4.74. The van der Waals surface area contributed by atoms with E-state index in [0.29, 0.717) is 24.9 Å². The van der Waals surface area contributed by atoms with Crippen molar-refractivity contribution in [2.45, 2.75) is 64.8 Å². The Balaban J connectivity index is 1.90. The Morgan fingerprint density at radius 1 is 1.07 bits per heavy atom. The summed E-state index contributed by atoms with van der Waals surface area (Å²) in [5.74, 6) is 0.472. The van der Waals surface area contributed by atoms with Gasteiger partial charge in [-0.3, -0.25) is 4.90 Å². The SMILES string of the molecule is CCOc1cc(CNC2CCN(C(C)(C)C)CC2)ccc1OCC(F)(F)F. The first-order chi connectivity index (χ1) is 12.6. The Labute approximate surface area is 160 Å². The topological polar surface area (TPSA) is 33.7 Å². The van der Waals surface area contributed by atoms with E-state index in [1.54, 1.807) is 25.1 Å². The average molecular weight is 388 g/mol. The van der Waals surface area contributed by atoms with Gasteiger partial charge in [-0.25, -0.2) is 0 Å². The van der Waals surface area contributed by atoms with Crippen molar-refractivity contribution in [2.24, 2.45) is 0 Å². The van der Waals surface area contributed by atoms with Gasteiger partial charge < -0.3 is 14.8 Å². The first-order valence-corrected chi connectivity index (χ1v) is 9.52. The van der Waals surface area contributed by atoms with E-state index in [1.807, 2.05) is 0 Å². The number of benzene rings is 1. The zero-order valence-electron chi connectivity index (χ0n) is 16.7. The number of hydrogen-bond donors (Lipinski definition) is 1. The predicted octanol–water partition coefficient (Wildman–Crippen LogP) is 4.38. The van der Waals surface area contributed by atoms with E-state index >= 15 is 0 Å². The zero-order valence-corrected chi connectivity index (χ0v) is 16.7. The molecule has 1 aromatic carbocycles. The number of nitrogens with one attached hydrogen (secondary N) is 1. The molecule has 1 heterocycles. The van der Waals surface area contributed by atoms with Crippen molar-refractivity contribution < 1.29 is 22.6 Å². The highest BCUT2D eigenvalue weighted by molar-refractivity contribution is 5.43. The number of nitrogens with zero attached hydrogens (tertiary/aromatic N) is 1. The zero-order chi connectivity index (χ0) is 20.1. The molecule has 0 aromatic heterocycles. The van der Waals surface area contributed by atoms with Gasteiger partial charge in [-0.1, -0.05) is 6.07 Å². The molecule has 1 aromatic rings. The van der Waals surface area contributed by atoms with Crippen LogP contribution in [-0.4, -0.2) is 49.0 Å². The van der Waals surface area contributed by atoms with E-state index < -0.39 is 12.8 Å². The molecule has 27 heavy (non-hydrogen) atoms. The molecule has 0 saturated carbocycles. The van der Waals surface area contributed by atoms with Crippen molar-refractivity contribution in [2.75, 3.05) is 26.3 Å². The third kappa shape index (κ3) is 7.22. The smallest absolute Gasteiger partial charge is 0.422 e. The Morgan fingerprint density at radius 3 is 2.30 bits per heavy atom. The van der Waals surface area contributed by atoms with Crippen LogP contribution in [0, 0.1) is 0 Å². The minimum atomic E-state index is -4.37. The number of halogens is 3. The van der Waals surface area contributed by atoms with Crippen LogP contribution in [0.1, 0.15) is 46.1 Å². The first kappa shape index (κ1) is 21.8. The van der Waals surface area contributed by atoms with Gasteiger partial charge in [0.25, 0.3) is 0 Å². The standard InChI is InChI=1S/C20H31F3N2O2/c1-5-26-18-12-15(6-7-17(18)27-14-20(21,22)23)13-24-16-8-10-25(11-9-16)19(2,3)4/h6-7,12,16,24H,5,8-11,13-14H2,1-4H3. The van der Waals surface area contributed by atoms with Gasteiger partial charge in [-0.15, -0.1) is 0 Å². The molecule has 0 aliphatic carbocycles. The van der Waals surface area contributed by atoms with Gasteiger partial charge >= 0.3 is 6.18 Å². The van der Waals surface area contributed by atoms with Crippen LogP contribution in [0.15, 0.2) is 18.2 Å². The Kier molecular flexibility index (Phi) is 7.40. The molecule has 0 bridgehead atoms. The first-order valence-electron chi connectivity index (χ1n) is 9.52. The van der Waals surface area contributed by atoms with Crippen molar-refractivity contribution in [1.82, 2.24) is 10.2 Å². The lowest BCUT2D eigenvalue weighted by molar-refractivity contribution is -0.153. The van der Waals surface area contributed by atoms with Crippen LogP contribution in [0.4, 0.5) is 13.2 Å². The van der Waals surface area contributed by atoms with E-state index in [4.69, 9.17) is 9.47 Å². The fourth-order valence-electron chi connectivity index (χ4n) is 3.23. The van der Waals surface area contributed by atoms with Gasteiger partial charge in [-0.2, -0.15) is 13.2 Å². The summed E-state index contributed by atoms with van der Waals surface area (Å²) in [5, 5.41) is 3.55. The van der Waals surface area contributed by atoms with Gasteiger partial charge in [0, 0.05) is 31.2 Å². The van der Waals surface area contributed by atoms with Gasteiger partial charge in [0.15, 0.2) is 18.1 Å². The van der Waals surface area contributed by atoms with Gasteiger partial charge in [0.1, 0.15) is 0 Å². The molecule has 154 valence electrons. The Hall–Kier alpha value is -1.47. The highest BCUT2D eigenvalue weighted by Crippen LogP contribution is 2.30. The van der Waals surface area contributed by atoms with Crippen molar-refractivity contribution in [3.63, 3.8) is 0 Å². The minimum absolute atomic E-state index is 0.122. The largest absolute Gasteiger partial charge is 0.490 e. The Morgan fingerprint density at radius 2 is 1.74 bits per heavy atom. The van der Waals surface area contributed by atoms with Crippen LogP contribution in [-0.2, 0) is 6.54 Å². The van der Waals surface area contributed by atoms with Crippen molar-refractivity contribution in [3.8, 4) is 11.5 Å². The highest BCUT2D eigenvalue weighted by atomic mass is 19.4. The van der Waals surface area contributed by atoms with Crippen molar-refractivity contribution in [3.05, 3.63) is 23.8 Å². The van der Waals surface area contributed by atoms with Crippen LogP contribution < -0.4 is 14.8 Å². The Bertz CT molecular complexity index is 592. The van der Waals surface area contributed by atoms with Crippen LogP contribution >= 0.6 is 0 Å². The monoisotopic (exact) mass is 388 g/mol. The summed E-state index contributed by atoms with van der Waals surface area (Å²) in [7, 11) is 0. The molecule has 4 nitrogen and oxygen atoms in total. The number of alkyl halides is 3. The molecule has 1 aliphatic rings. The molecule has 1 fully saturated rings. The quantitative estimate of drug-likeness (QED) is 0.752. The molecule has 0 radical (unpaired) electrons. The van der Waals surface area contributed by atoms with Crippen molar-refractivity contribution in [1.29, 1.82) is 0 Å². The lowest BCUT2D eigenvalue weighted by atomic mass is 9.98. The summed E-state index contributed by atoms with van der Waals surface area (Å²) in [4.78, 5) is 2.49. The van der Waals surface area contributed by atoms with Crippen molar-refractivity contribution >= 4 is 0 Å². The second-order valence-electron chi connectivity index (χ2n) is 7.93. The van der Waals surface area contributed by atoms with Crippen LogP contribution in [0.25, 0.3) is 0 Å². The molecule has 1 aliphatic heterocycles. The normalized spacial score (nSPS) is 17.1. The van der Waals surface area contributed by atoms with Gasteiger partial charge in [0.05, 0.1) is 6.61 Å². The van der Waals surface area contributed by atoms with E-state index in [-0.39, 0.29) is 11.3 Å². The number of hydrogen-bond acceptors (Lipinski definition) is 4. The molecule has 0 atom stereocenters. The maximum absolute atomic E-state index is 12.4. The summed E-state index contributed by atoms with van der Waals surface area (Å²) < 4.78 is 47.5. The number of piperidine rings is 1. The summed E-state index contributed by atoms with van der Waals surface area (Å²) in [6, 6.07) is 5.54. The minimum Gasteiger partial charge on any atom is -0.490 e. The third-order valence-corrected chi connectivity index (χ3v) is 4.74. The van der Waals surface area contributed by atoms with Gasteiger partial charge in [-0.05, 0) is 58.2 Å². The van der Waals surface area contributed by atoms with E-state index in [0.717, 1.165) is 31.5 Å². The molecule has 1 saturated heterocycles. The molecule has 0 spiro atoms. The molecule has 2 rings (SSSR count). The van der Waals surface area contributed by atoms with E-state index in [2.05, 4.69) is 31.0 Å². The second-order valence-corrected chi connectivity index (χ2v) is 7.93. The number of ether oxygens (including phenoxy) is 2. The summed E-state index contributed by atoms with van der Waals surface area (Å²) in [5.41, 5.74) is 1.17. The van der Waals surface area contributed by atoms with Crippen LogP contribution in [0.2, 0.25) is 0 Å². The lowest BCUT2D eigenvalue weighted by Gasteiger charge is -2.41. The number of rotatable bonds is 7. The fourth-order valence-corrected chi connectivity index (χ4v) is 3.23. The second kappa shape index (κ2) is 9.15. The van der Waals surface area contributed by atoms with Crippen LogP contribution in [0.5, 0.6) is 11.5 Å². The predicted molar refractivity (Wildman–Crippen MR) is 100 cm³/mol. The van der Waals surface area contributed by atoms with Gasteiger partial charge in [0.2, 0.25) is 0 Å². The lowest BCUT2D eigenvalue weighted by Crippen LogP contribution is -2.49. The molecule has 0 unspecified atom stereocenters. The molecular weight excluding hydrogens is 357 g/mol. The molecule has 0 amide bonds. The summed E-state index contributed by atoms with van der Waals surface area (Å²) in [6.45, 7) is 10.3. The van der Waals surface area contributed by atoms with E-state index in [1.165, 1.54) is 0 Å². The average Bonchev–Trinajstić information content (AvgIpc) is 2.58. The van der Waals surface area contributed by atoms with Crippen LogP contribution in [0.3, 0.4) is 0 Å². The molecule has 7 heteroatoms. The number of likely N-dealkylation sites (tertiary alicyclic amines) is 1. The summed E-state index contributed by atoms with van der Waals surface area (Å²) in [6.07, 6.45) is -2.20. The molecular formula is C20H31F3N2O2. The maximum atomic E-state index is 12.4.